The second-order valence-electron chi connectivity index (χ2n) is 4.84. The van der Waals surface area contributed by atoms with Gasteiger partial charge in [-0.05, 0) is 34.5 Å². The Kier molecular flexibility index (Phi) is 5.38. The van der Waals surface area contributed by atoms with Crippen molar-refractivity contribution < 1.29 is 4.79 Å². The van der Waals surface area contributed by atoms with Gasteiger partial charge in [0, 0.05) is 37.6 Å². The van der Waals surface area contributed by atoms with E-state index < -0.39 is 0 Å². The van der Waals surface area contributed by atoms with Crippen molar-refractivity contribution in [3.63, 3.8) is 0 Å². The highest BCUT2D eigenvalue weighted by Crippen LogP contribution is 2.23. The number of thiophene rings is 1. The molecule has 6 heteroatoms. The number of carbonyl (C=O) groups excluding carboxylic acids is 1. The van der Waals surface area contributed by atoms with Crippen molar-refractivity contribution in [2.75, 3.05) is 26.2 Å². The van der Waals surface area contributed by atoms with Crippen molar-refractivity contribution in [1.29, 1.82) is 0 Å². The fourth-order valence-corrected chi connectivity index (χ4v) is 4.06. The van der Waals surface area contributed by atoms with Gasteiger partial charge in [-0.15, -0.1) is 11.3 Å². The van der Waals surface area contributed by atoms with Gasteiger partial charge >= 0.3 is 0 Å². The van der Waals surface area contributed by atoms with Gasteiger partial charge in [0.15, 0.2) is 0 Å². The standard InChI is InChI=1S/C13H20BrN3OS/c1-2-11(13(15)18)17-7-5-16(6-8-17)9-10-3-4-12(14)19-10/h3-4,11H,2,5-9H2,1H3,(H2,15,18)/t11-/m1/s1. The third-order valence-electron chi connectivity index (χ3n) is 3.57. The van der Waals surface area contributed by atoms with Crippen LogP contribution in [0.5, 0.6) is 0 Å². The van der Waals surface area contributed by atoms with E-state index in [-0.39, 0.29) is 11.9 Å². The van der Waals surface area contributed by atoms with Gasteiger partial charge < -0.3 is 5.73 Å². The predicted molar refractivity (Wildman–Crippen MR) is 82.1 cm³/mol. The summed E-state index contributed by atoms with van der Waals surface area (Å²) in [5, 5.41) is 0. The van der Waals surface area contributed by atoms with E-state index in [1.165, 1.54) is 8.66 Å². The third-order valence-corrected chi connectivity index (χ3v) is 5.18. The van der Waals surface area contributed by atoms with Gasteiger partial charge in [0.05, 0.1) is 9.83 Å². The van der Waals surface area contributed by atoms with Crippen molar-refractivity contribution in [2.24, 2.45) is 5.73 Å². The maximum absolute atomic E-state index is 11.4. The van der Waals surface area contributed by atoms with Crippen molar-refractivity contribution in [1.82, 2.24) is 9.80 Å². The molecule has 1 saturated heterocycles. The summed E-state index contributed by atoms with van der Waals surface area (Å²) in [6.45, 7) is 6.86. The van der Waals surface area contributed by atoms with Gasteiger partial charge in [-0.2, -0.15) is 0 Å². The van der Waals surface area contributed by atoms with Crippen molar-refractivity contribution >= 4 is 33.2 Å². The summed E-state index contributed by atoms with van der Waals surface area (Å²) < 4.78 is 1.18. The molecule has 1 atom stereocenters. The number of halogens is 1. The van der Waals surface area contributed by atoms with Crippen molar-refractivity contribution in [3.05, 3.63) is 20.8 Å². The number of nitrogens with zero attached hydrogens (tertiary/aromatic N) is 2. The SMILES string of the molecule is CC[C@H](C(N)=O)N1CCN(Cc2ccc(Br)s2)CC1. The maximum Gasteiger partial charge on any atom is 0.234 e. The molecule has 2 heterocycles. The van der Waals surface area contributed by atoms with Crippen molar-refractivity contribution in [3.8, 4) is 0 Å². The van der Waals surface area contributed by atoms with E-state index in [0.717, 1.165) is 39.1 Å². The van der Waals surface area contributed by atoms with Gasteiger partial charge in [-0.3, -0.25) is 14.6 Å². The number of amides is 1. The van der Waals surface area contributed by atoms with Crippen LogP contribution in [0.4, 0.5) is 0 Å². The number of hydrogen-bond acceptors (Lipinski definition) is 4. The Hall–Kier alpha value is -0.430. The first kappa shape index (κ1) is 15.0. The number of carbonyl (C=O) groups is 1. The minimum absolute atomic E-state index is 0.0990. The van der Waals surface area contributed by atoms with E-state index in [0.29, 0.717) is 0 Å². The molecule has 2 N–H and O–H groups in total. The lowest BCUT2D eigenvalue weighted by molar-refractivity contribution is -0.124. The summed E-state index contributed by atoms with van der Waals surface area (Å²) in [6, 6.07) is 4.16. The highest BCUT2D eigenvalue weighted by molar-refractivity contribution is 9.11. The van der Waals surface area contributed by atoms with Crippen LogP contribution in [0.3, 0.4) is 0 Å². The molecule has 106 valence electrons. The van der Waals surface area contributed by atoms with Gasteiger partial charge in [0.2, 0.25) is 5.91 Å². The Balaban J connectivity index is 1.83. The molecule has 0 aromatic carbocycles. The first-order valence-electron chi connectivity index (χ1n) is 6.60. The van der Waals surface area contributed by atoms with E-state index >= 15 is 0 Å². The zero-order chi connectivity index (χ0) is 13.8. The molecule has 1 amide bonds. The summed E-state index contributed by atoms with van der Waals surface area (Å²) in [5.41, 5.74) is 5.44. The predicted octanol–water partition coefficient (Wildman–Crippen LogP) is 1.89. The molecule has 0 bridgehead atoms. The average Bonchev–Trinajstić information content (AvgIpc) is 2.77. The molecule has 1 aliphatic rings. The van der Waals surface area contributed by atoms with Crippen LogP contribution >= 0.6 is 27.3 Å². The van der Waals surface area contributed by atoms with E-state index in [1.807, 2.05) is 6.92 Å². The smallest absolute Gasteiger partial charge is 0.234 e. The van der Waals surface area contributed by atoms with Crippen LogP contribution in [0.25, 0.3) is 0 Å². The summed E-state index contributed by atoms with van der Waals surface area (Å²) in [4.78, 5) is 17.4. The van der Waals surface area contributed by atoms with Crippen LogP contribution in [0, 0.1) is 0 Å². The van der Waals surface area contributed by atoms with Gasteiger partial charge in [0.25, 0.3) is 0 Å². The lowest BCUT2D eigenvalue weighted by atomic mass is 10.1. The lowest BCUT2D eigenvalue weighted by Gasteiger charge is -2.37. The highest BCUT2D eigenvalue weighted by atomic mass is 79.9. The Morgan fingerprint density at radius 1 is 1.42 bits per heavy atom. The average molecular weight is 346 g/mol. The molecule has 19 heavy (non-hydrogen) atoms. The Bertz CT molecular complexity index is 429. The van der Waals surface area contributed by atoms with Crippen molar-refractivity contribution in [2.45, 2.75) is 25.9 Å². The number of rotatable bonds is 5. The van der Waals surface area contributed by atoms with Gasteiger partial charge in [-0.1, -0.05) is 6.92 Å². The molecule has 0 unspecified atom stereocenters. The number of primary amides is 1. The lowest BCUT2D eigenvalue weighted by Crippen LogP contribution is -2.53. The molecular weight excluding hydrogens is 326 g/mol. The minimum Gasteiger partial charge on any atom is -0.368 e. The third kappa shape index (κ3) is 4.02. The Morgan fingerprint density at radius 2 is 2.11 bits per heavy atom. The number of nitrogens with two attached hydrogens (primary N) is 1. The van der Waals surface area contributed by atoms with Gasteiger partial charge in [0.1, 0.15) is 0 Å². The number of piperazine rings is 1. The first-order chi connectivity index (χ1) is 9.10. The molecule has 2 rings (SSSR count). The fraction of sp³-hybridized carbons (Fsp3) is 0.615. The molecule has 0 saturated carbocycles. The van der Waals surface area contributed by atoms with Crippen LogP contribution in [-0.4, -0.2) is 47.9 Å². The largest absolute Gasteiger partial charge is 0.368 e. The molecule has 0 radical (unpaired) electrons. The monoisotopic (exact) mass is 345 g/mol. The number of hydrogen-bond donors (Lipinski definition) is 1. The minimum atomic E-state index is -0.196. The second-order valence-corrected chi connectivity index (χ2v) is 7.39. The maximum atomic E-state index is 11.4. The van der Waals surface area contributed by atoms with E-state index in [9.17, 15) is 4.79 Å². The van der Waals surface area contributed by atoms with Crippen LogP contribution < -0.4 is 5.73 Å². The summed E-state index contributed by atoms with van der Waals surface area (Å²) in [5.74, 6) is -0.196. The normalized spacial score (nSPS) is 19.5. The molecule has 0 spiro atoms. The van der Waals surface area contributed by atoms with E-state index in [2.05, 4.69) is 37.9 Å². The molecule has 1 aliphatic heterocycles. The quantitative estimate of drug-likeness (QED) is 0.886. The summed E-state index contributed by atoms with van der Waals surface area (Å²) in [6.07, 6.45) is 0.799. The Morgan fingerprint density at radius 3 is 2.58 bits per heavy atom. The van der Waals surface area contributed by atoms with E-state index in [4.69, 9.17) is 5.73 Å². The summed E-state index contributed by atoms with van der Waals surface area (Å²) in [7, 11) is 0. The topological polar surface area (TPSA) is 49.6 Å². The zero-order valence-electron chi connectivity index (χ0n) is 11.1. The molecule has 4 nitrogen and oxygen atoms in total. The zero-order valence-corrected chi connectivity index (χ0v) is 13.5. The first-order valence-corrected chi connectivity index (χ1v) is 8.21. The van der Waals surface area contributed by atoms with Gasteiger partial charge in [-0.25, -0.2) is 0 Å². The molecule has 0 aliphatic carbocycles. The summed E-state index contributed by atoms with van der Waals surface area (Å²) >= 11 is 5.28. The molecular formula is C13H20BrN3OS. The van der Waals surface area contributed by atoms with Crippen LogP contribution in [0.2, 0.25) is 0 Å². The molecule has 1 aromatic heterocycles. The fourth-order valence-electron chi connectivity index (χ4n) is 2.53. The Labute approximate surface area is 126 Å². The van der Waals surface area contributed by atoms with Crippen LogP contribution in [0.15, 0.2) is 15.9 Å². The van der Waals surface area contributed by atoms with Crippen LogP contribution in [-0.2, 0) is 11.3 Å². The van der Waals surface area contributed by atoms with E-state index in [1.54, 1.807) is 11.3 Å². The van der Waals surface area contributed by atoms with Crippen LogP contribution in [0.1, 0.15) is 18.2 Å². The molecule has 1 aromatic rings. The second kappa shape index (κ2) is 6.83. The highest BCUT2D eigenvalue weighted by Gasteiger charge is 2.26. The molecule has 1 fully saturated rings.